The fourth-order valence-corrected chi connectivity index (χ4v) is 3.13. The van der Waals surface area contributed by atoms with Crippen molar-refractivity contribution in [1.82, 2.24) is 0 Å². The number of sulfone groups is 1. The van der Waals surface area contributed by atoms with Gasteiger partial charge in [-0.2, -0.15) is 0 Å². The summed E-state index contributed by atoms with van der Waals surface area (Å²) in [4.78, 5) is 0.542. The highest BCUT2D eigenvalue weighted by molar-refractivity contribution is 7.91. The van der Waals surface area contributed by atoms with Gasteiger partial charge in [0.1, 0.15) is 4.99 Å². The van der Waals surface area contributed by atoms with Crippen LogP contribution in [0.15, 0.2) is 29.2 Å². The number of nitrogens with two attached hydrogens (primary N) is 1. The Morgan fingerprint density at radius 3 is 2.45 bits per heavy atom. The first-order chi connectivity index (χ1) is 9.49. The average molecular weight is 313 g/mol. The molecule has 0 aliphatic heterocycles. The number of benzene rings is 1. The van der Waals surface area contributed by atoms with Gasteiger partial charge in [0.25, 0.3) is 0 Å². The van der Waals surface area contributed by atoms with Gasteiger partial charge in [0, 0.05) is 12.2 Å². The van der Waals surface area contributed by atoms with Crippen molar-refractivity contribution in [3.05, 3.63) is 29.8 Å². The smallest absolute Gasteiger partial charge is 0.180 e. The molecule has 0 heterocycles. The molecule has 0 amide bonds. The van der Waals surface area contributed by atoms with Crippen molar-refractivity contribution in [2.24, 2.45) is 11.7 Å². The van der Waals surface area contributed by atoms with Gasteiger partial charge in [0.15, 0.2) is 9.84 Å². The van der Waals surface area contributed by atoms with Crippen LogP contribution in [-0.4, -0.2) is 32.4 Å². The van der Waals surface area contributed by atoms with E-state index in [9.17, 15) is 8.42 Å². The minimum atomic E-state index is -3.30. The molecule has 0 unspecified atom stereocenters. The number of ether oxygens (including phenoxy) is 1. The van der Waals surface area contributed by atoms with E-state index >= 15 is 0 Å². The molecule has 0 radical (unpaired) electrons. The number of rotatable bonds is 8. The molecule has 6 heteroatoms. The second kappa shape index (κ2) is 6.65. The van der Waals surface area contributed by atoms with Crippen LogP contribution in [0.2, 0.25) is 0 Å². The second-order valence-electron chi connectivity index (χ2n) is 5.05. The van der Waals surface area contributed by atoms with Crippen molar-refractivity contribution in [3.8, 4) is 0 Å². The Morgan fingerprint density at radius 1 is 1.25 bits per heavy atom. The lowest BCUT2D eigenvalue weighted by atomic mass is 10.2. The maximum Gasteiger partial charge on any atom is 0.180 e. The van der Waals surface area contributed by atoms with Crippen LogP contribution < -0.4 is 5.73 Å². The summed E-state index contributed by atoms with van der Waals surface area (Å²) in [5.41, 5.74) is 6.14. The highest BCUT2D eigenvalue weighted by Crippen LogP contribution is 2.32. The Morgan fingerprint density at radius 2 is 1.90 bits per heavy atom. The first-order valence-electron chi connectivity index (χ1n) is 6.69. The molecule has 1 saturated carbocycles. The van der Waals surface area contributed by atoms with Crippen LogP contribution in [0, 0.1) is 5.92 Å². The third kappa shape index (κ3) is 4.54. The predicted molar refractivity (Wildman–Crippen MR) is 82.5 cm³/mol. The summed E-state index contributed by atoms with van der Waals surface area (Å²) in [5, 5.41) is 0. The quantitative estimate of drug-likeness (QED) is 0.586. The first kappa shape index (κ1) is 15.4. The maximum absolute atomic E-state index is 12.1. The van der Waals surface area contributed by atoms with Crippen molar-refractivity contribution < 1.29 is 13.2 Å². The summed E-state index contributed by atoms with van der Waals surface area (Å²) in [7, 11) is -3.30. The highest BCUT2D eigenvalue weighted by Gasteiger charge is 2.20. The first-order valence-corrected chi connectivity index (χ1v) is 8.75. The second-order valence-corrected chi connectivity index (χ2v) is 7.60. The molecule has 1 aliphatic rings. The van der Waals surface area contributed by atoms with Crippen LogP contribution >= 0.6 is 12.2 Å². The number of thiocarbonyl (C=S) groups is 1. The molecule has 20 heavy (non-hydrogen) atoms. The molecule has 0 aromatic heterocycles. The van der Waals surface area contributed by atoms with Crippen LogP contribution in [0.1, 0.15) is 24.8 Å². The Bertz CT molecular complexity index is 563. The van der Waals surface area contributed by atoms with Gasteiger partial charge < -0.3 is 10.5 Å². The molecular formula is C14H19NO3S2. The highest BCUT2D eigenvalue weighted by atomic mass is 32.2. The van der Waals surface area contributed by atoms with Gasteiger partial charge in [-0.25, -0.2) is 8.42 Å². The van der Waals surface area contributed by atoms with Crippen LogP contribution in [-0.2, 0) is 14.6 Å². The molecule has 2 N–H and O–H groups in total. The number of hydrogen-bond donors (Lipinski definition) is 1. The maximum atomic E-state index is 12.1. The molecular weight excluding hydrogens is 294 g/mol. The van der Waals surface area contributed by atoms with E-state index in [4.69, 9.17) is 22.7 Å². The van der Waals surface area contributed by atoms with Crippen molar-refractivity contribution in [2.45, 2.75) is 24.2 Å². The molecule has 1 aromatic rings. The van der Waals surface area contributed by atoms with E-state index in [2.05, 4.69) is 0 Å². The van der Waals surface area contributed by atoms with E-state index in [0.29, 0.717) is 12.2 Å². The molecule has 0 spiro atoms. The molecule has 110 valence electrons. The lowest BCUT2D eigenvalue weighted by Crippen LogP contribution is -2.14. The predicted octanol–water partition coefficient (Wildman–Crippen LogP) is 1.91. The van der Waals surface area contributed by atoms with E-state index in [1.54, 1.807) is 12.1 Å². The molecule has 0 bridgehead atoms. The molecule has 1 fully saturated rings. The summed E-state index contributed by atoms with van der Waals surface area (Å²) < 4.78 is 29.5. The van der Waals surface area contributed by atoms with E-state index in [1.807, 2.05) is 0 Å². The zero-order valence-corrected chi connectivity index (χ0v) is 12.9. The Kier molecular flexibility index (Phi) is 5.12. The van der Waals surface area contributed by atoms with Gasteiger partial charge in [0.2, 0.25) is 0 Å². The minimum Gasteiger partial charge on any atom is -0.389 e. The molecule has 1 aliphatic carbocycles. The Balaban J connectivity index is 1.83. The van der Waals surface area contributed by atoms with Gasteiger partial charge in [-0.3, -0.25) is 0 Å². The van der Waals surface area contributed by atoms with Crippen molar-refractivity contribution >= 4 is 27.0 Å². The summed E-state index contributed by atoms with van der Waals surface area (Å²) in [6.07, 6.45) is 3.62. The lowest BCUT2D eigenvalue weighted by molar-refractivity contribution is 0.142. The minimum absolute atomic E-state index is 0.00405. The monoisotopic (exact) mass is 313 g/mol. The van der Waals surface area contributed by atoms with Crippen LogP contribution in [0.3, 0.4) is 0 Å². The molecule has 0 saturated heterocycles. The number of hydrogen-bond acceptors (Lipinski definition) is 4. The third-order valence-electron chi connectivity index (χ3n) is 3.36. The standard InChI is InChI=1S/C14H19NO3S2/c15-14(19)12-3-5-13(6-4-12)20(16,17)10-9-18-8-7-11-1-2-11/h3-6,11H,1-2,7-10H2,(H2,15,19). The average Bonchev–Trinajstić information content (AvgIpc) is 3.22. The summed E-state index contributed by atoms with van der Waals surface area (Å²) in [6, 6.07) is 6.33. The lowest BCUT2D eigenvalue weighted by Gasteiger charge is -2.06. The van der Waals surface area contributed by atoms with Gasteiger partial charge >= 0.3 is 0 Å². The van der Waals surface area contributed by atoms with Gasteiger partial charge in [-0.05, 0) is 24.5 Å². The Labute approximate surface area is 125 Å². The van der Waals surface area contributed by atoms with Gasteiger partial charge in [0.05, 0.1) is 17.3 Å². The summed E-state index contributed by atoms with van der Waals surface area (Å²) in [5.74, 6) is 0.809. The van der Waals surface area contributed by atoms with Crippen LogP contribution in [0.5, 0.6) is 0 Å². The molecule has 2 rings (SSSR count). The molecule has 4 nitrogen and oxygen atoms in total. The summed E-state index contributed by atoms with van der Waals surface area (Å²) in [6.45, 7) is 0.896. The molecule has 1 aromatic carbocycles. The Hall–Kier alpha value is -0.980. The van der Waals surface area contributed by atoms with Gasteiger partial charge in [-0.1, -0.05) is 37.2 Å². The van der Waals surface area contributed by atoms with Crippen LogP contribution in [0.4, 0.5) is 0 Å². The fraction of sp³-hybridized carbons (Fsp3) is 0.500. The van der Waals surface area contributed by atoms with Crippen molar-refractivity contribution in [1.29, 1.82) is 0 Å². The van der Waals surface area contributed by atoms with E-state index in [0.717, 1.165) is 12.3 Å². The fourth-order valence-electron chi connectivity index (χ4n) is 1.87. The normalized spacial score (nSPS) is 15.2. The van der Waals surface area contributed by atoms with Gasteiger partial charge in [-0.15, -0.1) is 0 Å². The van der Waals surface area contributed by atoms with Crippen molar-refractivity contribution in [3.63, 3.8) is 0 Å². The summed E-state index contributed by atoms with van der Waals surface area (Å²) >= 11 is 4.83. The van der Waals surface area contributed by atoms with E-state index in [1.165, 1.54) is 25.0 Å². The van der Waals surface area contributed by atoms with Crippen LogP contribution in [0.25, 0.3) is 0 Å². The van der Waals surface area contributed by atoms with E-state index < -0.39 is 9.84 Å². The zero-order chi connectivity index (χ0) is 14.6. The van der Waals surface area contributed by atoms with E-state index in [-0.39, 0.29) is 22.2 Å². The topological polar surface area (TPSA) is 69.4 Å². The largest absolute Gasteiger partial charge is 0.389 e. The zero-order valence-electron chi connectivity index (χ0n) is 11.2. The third-order valence-corrected chi connectivity index (χ3v) is 5.29. The molecule has 0 atom stereocenters. The van der Waals surface area contributed by atoms with Crippen molar-refractivity contribution in [2.75, 3.05) is 19.0 Å². The SMILES string of the molecule is NC(=S)c1ccc(S(=O)(=O)CCOCCC2CC2)cc1.